The van der Waals surface area contributed by atoms with Gasteiger partial charge in [-0.2, -0.15) is 0 Å². The minimum absolute atomic E-state index is 0.0126. The number of benzene rings is 3. The van der Waals surface area contributed by atoms with Crippen molar-refractivity contribution in [2.75, 3.05) is 26.4 Å². The predicted octanol–water partition coefficient (Wildman–Crippen LogP) is 8.34. The van der Waals surface area contributed by atoms with Crippen molar-refractivity contribution in [2.45, 2.75) is 89.3 Å². The molecule has 8 nitrogen and oxygen atoms in total. The van der Waals surface area contributed by atoms with E-state index in [0.29, 0.717) is 26.1 Å². The second-order valence-electron chi connectivity index (χ2n) is 12.5. The van der Waals surface area contributed by atoms with E-state index in [1.807, 2.05) is 24.3 Å². The monoisotopic (exact) mass is 686 g/mol. The molecule has 50 heavy (non-hydrogen) atoms. The number of esters is 2. The van der Waals surface area contributed by atoms with Crippen LogP contribution in [0.5, 0.6) is 11.5 Å². The molecule has 3 atom stereocenters. The third-order valence-electron chi connectivity index (χ3n) is 8.55. The number of rotatable bonds is 25. The summed E-state index contributed by atoms with van der Waals surface area (Å²) in [6, 6.07) is 25.2. The van der Waals surface area contributed by atoms with Crippen molar-refractivity contribution in [3.63, 3.8) is 0 Å². The lowest BCUT2D eigenvalue weighted by molar-refractivity contribution is -0.141. The zero-order valence-corrected chi connectivity index (χ0v) is 29.5. The highest BCUT2D eigenvalue weighted by molar-refractivity contribution is 5.81. The summed E-state index contributed by atoms with van der Waals surface area (Å²) >= 11 is 0. The van der Waals surface area contributed by atoms with E-state index in [4.69, 9.17) is 18.9 Å². The number of carbonyl (C=O) groups is 2. The molecule has 3 rings (SSSR count). The summed E-state index contributed by atoms with van der Waals surface area (Å²) in [5.74, 6) is 0.939. The number of ether oxygens (including phenoxy) is 4. The molecule has 0 fully saturated rings. The molecule has 0 aliphatic carbocycles. The molecule has 0 bridgehead atoms. The highest BCUT2D eigenvalue weighted by Crippen LogP contribution is 2.29. The molecular weight excluding hydrogens is 632 g/mol. The van der Waals surface area contributed by atoms with Crippen LogP contribution in [0.1, 0.15) is 88.2 Å². The van der Waals surface area contributed by atoms with Gasteiger partial charge in [0.15, 0.2) is 0 Å². The van der Waals surface area contributed by atoms with Crippen molar-refractivity contribution in [2.24, 2.45) is 0 Å². The van der Waals surface area contributed by atoms with E-state index in [-0.39, 0.29) is 19.1 Å². The van der Waals surface area contributed by atoms with E-state index in [0.717, 1.165) is 86.1 Å². The molecule has 0 heterocycles. The Morgan fingerprint density at radius 2 is 0.940 bits per heavy atom. The third-order valence-corrected chi connectivity index (χ3v) is 8.55. The van der Waals surface area contributed by atoms with E-state index in [2.05, 4.69) is 68.6 Å². The molecule has 2 N–H and O–H groups in total. The van der Waals surface area contributed by atoms with Gasteiger partial charge in [-0.15, -0.1) is 0 Å². The Morgan fingerprint density at radius 3 is 1.36 bits per heavy atom. The van der Waals surface area contributed by atoms with Crippen molar-refractivity contribution in [3.8, 4) is 22.6 Å². The fourth-order valence-electron chi connectivity index (χ4n) is 5.45. The van der Waals surface area contributed by atoms with Gasteiger partial charge in [0.1, 0.15) is 24.7 Å². The van der Waals surface area contributed by atoms with Crippen LogP contribution in [0.2, 0.25) is 0 Å². The molecule has 8 heteroatoms. The van der Waals surface area contributed by atoms with Gasteiger partial charge in [0.25, 0.3) is 0 Å². The van der Waals surface area contributed by atoms with Gasteiger partial charge in [0.05, 0.1) is 25.4 Å². The smallest absolute Gasteiger partial charge is 0.330 e. The van der Waals surface area contributed by atoms with E-state index in [1.54, 1.807) is 0 Å². The van der Waals surface area contributed by atoms with Gasteiger partial charge < -0.3 is 29.2 Å². The SMILES string of the molecule is C=CC(=O)OCC(O)CCCCCCOc1ccc(-c2ccc(C(C)c3ccc(OCCCCCCC(O)COC(=O)C=C)cc3)cc2)cc1. The van der Waals surface area contributed by atoms with Crippen molar-refractivity contribution in [3.05, 3.63) is 109 Å². The van der Waals surface area contributed by atoms with Crippen LogP contribution in [0.15, 0.2) is 98.1 Å². The average Bonchev–Trinajstić information content (AvgIpc) is 3.15. The first kappa shape index (κ1) is 40.0. The lowest BCUT2D eigenvalue weighted by Crippen LogP contribution is -2.17. The normalized spacial score (nSPS) is 12.7. The standard InChI is InChI=1S/C42H54O8/c1-4-41(45)49-30-37(43)14-10-6-8-12-28-47-39-24-20-34(21-25-39)32(3)33-16-18-35(19-17-33)36-22-26-40(27-23-36)48-29-13-9-7-11-15-38(44)31-50-42(46)5-2/h4-5,16-27,32,37-38,43-44H,1-2,6-15,28-31H2,3H3. The van der Waals surface area contributed by atoms with E-state index < -0.39 is 24.1 Å². The molecule has 3 aromatic rings. The summed E-state index contributed by atoms with van der Waals surface area (Å²) < 4.78 is 21.6. The second-order valence-corrected chi connectivity index (χ2v) is 12.5. The molecule has 3 aromatic carbocycles. The topological polar surface area (TPSA) is 112 Å². The average molecular weight is 687 g/mol. The molecule has 0 radical (unpaired) electrons. The van der Waals surface area contributed by atoms with Gasteiger partial charge in [-0.1, -0.05) is 107 Å². The highest BCUT2D eigenvalue weighted by Gasteiger charge is 2.11. The Bertz CT molecular complexity index is 1420. The first-order valence-corrected chi connectivity index (χ1v) is 17.8. The summed E-state index contributed by atoms with van der Waals surface area (Å²) in [6.07, 6.45) is 9.76. The Kier molecular flexibility index (Phi) is 18.5. The molecular formula is C42H54O8. The minimum Gasteiger partial charge on any atom is -0.494 e. The second kappa shape index (κ2) is 23.1. The molecule has 0 aliphatic heterocycles. The fraction of sp³-hybridized carbons (Fsp3) is 0.429. The number of carbonyl (C=O) groups excluding carboxylic acids is 2. The molecule has 0 amide bonds. The van der Waals surface area contributed by atoms with Crippen molar-refractivity contribution in [1.82, 2.24) is 0 Å². The molecule has 0 spiro atoms. The zero-order chi connectivity index (χ0) is 36.0. The van der Waals surface area contributed by atoms with Crippen LogP contribution in [0.4, 0.5) is 0 Å². The van der Waals surface area contributed by atoms with Crippen molar-refractivity contribution < 1.29 is 38.7 Å². The Hall–Kier alpha value is -4.40. The van der Waals surface area contributed by atoms with Crippen LogP contribution in [-0.2, 0) is 19.1 Å². The van der Waals surface area contributed by atoms with Gasteiger partial charge in [0, 0.05) is 18.1 Å². The predicted molar refractivity (Wildman–Crippen MR) is 197 cm³/mol. The van der Waals surface area contributed by atoms with Crippen LogP contribution < -0.4 is 9.47 Å². The Balaban J connectivity index is 1.30. The molecule has 3 unspecified atom stereocenters. The zero-order valence-electron chi connectivity index (χ0n) is 29.5. The molecule has 0 aromatic heterocycles. The van der Waals surface area contributed by atoms with Crippen molar-refractivity contribution in [1.29, 1.82) is 0 Å². The summed E-state index contributed by atoms with van der Waals surface area (Å²) in [5.41, 5.74) is 4.77. The first-order chi connectivity index (χ1) is 24.3. The van der Waals surface area contributed by atoms with Crippen LogP contribution in [-0.4, -0.2) is 60.8 Å². The molecule has 270 valence electrons. The van der Waals surface area contributed by atoms with E-state index >= 15 is 0 Å². The number of unbranched alkanes of at least 4 members (excludes halogenated alkanes) is 6. The summed E-state index contributed by atoms with van der Waals surface area (Å²) in [5, 5.41) is 19.7. The van der Waals surface area contributed by atoms with Gasteiger partial charge >= 0.3 is 11.9 Å². The number of aliphatic hydroxyl groups excluding tert-OH is 2. The number of aliphatic hydroxyl groups is 2. The quantitative estimate of drug-likeness (QED) is 0.0520. The minimum atomic E-state index is -0.634. The largest absolute Gasteiger partial charge is 0.494 e. The van der Waals surface area contributed by atoms with Crippen LogP contribution in [0.3, 0.4) is 0 Å². The third kappa shape index (κ3) is 15.4. The van der Waals surface area contributed by atoms with E-state index in [9.17, 15) is 19.8 Å². The number of hydrogen-bond acceptors (Lipinski definition) is 8. The summed E-state index contributed by atoms with van der Waals surface area (Å²) in [4.78, 5) is 22.1. The maximum atomic E-state index is 11.1. The van der Waals surface area contributed by atoms with Crippen LogP contribution >= 0.6 is 0 Å². The lowest BCUT2D eigenvalue weighted by Gasteiger charge is -2.14. The number of hydrogen-bond donors (Lipinski definition) is 2. The lowest BCUT2D eigenvalue weighted by atomic mass is 9.92. The maximum Gasteiger partial charge on any atom is 0.330 e. The van der Waals surface area contributed by atoms with Gasteiger partial charge in [0.2, 0.25) is 0 Å². The van der Waals surface area contributed by atoms with Crippen LogP contribution in [0.25, 0.3) is 11.1 Å². The fourth-order valence-corrected chi connectivity index (χ4v) is 5.45. The van der Waals surface area contributed by atoms with Crippen molar-refractivity contribution >= 4 is 11.9 Å². The van der Waals surface area contributed by atoms with E-state index in [1.165, 1.54) is 11.1 Å². The van der Waals surface area contributed by atoms with Gasteiger partial charge in [-0.3, -0.25) is 0 Å². The summed E-state index contributed by atoms with van der Waals surface area (Å²) in [6.45, 7) is 10.2. The molecule has 0 aliphatic rings. The Morgan fingerprint density at radius 1 is 0.580 bits per heavy atom. The molecule has 0 saturated carbocycles. The molecule has 0 saturated heterocycles. The van der Waals surface area contributed by atoms with Crippen LogP contribution in [0, 0.1) is 0 Å². The van der Waals surface area contributed by atoms with Gasteiger partial charge in [-0.25, -0.2) is 9.59 Å². The maximum absolute atomic E-state index is 11.1. The van der Waals surface area contributed by atoms with Gasteiger partial charge in [-0.05, 0) is 72.2 Å². The summed E-state index contributed by atoms with van der Waals surface area (Å²) in [7, 11) is 0. The first-order valence-electron chi connectivity index (χ1n) is 17.8. The Labute approximate surface area is 297 Å². The highest BCUT2D eigenvalue weighted by atomic mass is 16.5.